The molecular formula is C13H15N2O4S+. The van der Waals surface area contributed by atoms with Gasteiger partial charge in [0.25, 0.3) is 0 Å². The molecule has 20 heavy (non-hydrogen) atoms. The van der Waals surface area contributed by atoms with Gasteiger partial charge < -0.3 is 9.84 Å². The smallest absolute Gasteiger partial charge is 0.336 e. The number of aromatic nitrogens is 1. The molecule has 2 aromatic rings. The summed E-state index contributed by atoms with van der Waals surface area (Å²) in [6, 6.07) is 4.41. The molecule has 1 aromatic carbocycles. The molecule has 6 nitrogen and oxygen atoms in total. The molecule has 7 heteroatoms. The van der Waals surface area contributed by atoms with Gasteiger partial charge in [0.1, 0.15) is 5.75 Å². The Morgan fingerprint density at radius 2 is 2.25 bits per heavy atom. The van der Waals surface area contributed by atoms with Crippen molar-refractivity contribution in [2.75, 3.05) is 6.61 Å². The highest BCUT2D eigenvalue weighted by molar-refractivity contribution is 7.09. The molecule has 4 N–H and O–H groups in total. The lowest BCUT2D eigenvalue weighted by Gasteiger charge is -2.07. The van der Waals surface area contributed by atoms with Crippen molar-refractivity contribution in [3.8, 4) is 5.75 Å². The van der Waals surface area contributed by atoms with E-state index in [0.29, 0.717) is 24.5 Å². The third kappa shape index (κ3) is 3.53. The second kappa shape index (κ2) is 6.47. The number of ether oxygens (including phenoxy) is 1. The minimum absolute atomic E-state index is 0.0803. The molecule has 0 amide bonds. The normalized spacial score (nSPS) is 10.5. The Hall–Kier alpha value is -1.96. The Morgan fingerprint density at radius 3 is 2.85 bits per heavy atom. The summed E-state index contributed by atoms with van der Waals surface area (Å²) < 4.78 is 5.55. The van der Waals surface area contributed by atoms with E-state index in [4.69, 9.17) is 15.1 Å². The molecule has 0 aliphatic carbocycles. The minimum atomic E-state index is -1.06. The summed E-state index contributed by atoms with van der Waals surface area (Å²) in [6.45, 7) is 2.37. The van der Waals surface area contributed by atoms with Gasteiger partial charge in [-0.25, -0.2) is 15.0 Å². The molecule has 0 bridgehead atoms. The van der Waals surface area contributed by atoms with Crippen LogP contribution in [0.3, 0.4) is 0 Å². The number of benzene rings is 1. The highest BCUT2D eigenvalue weighted by atomic mass is 32.1. The number of rotatable bonds is 6. The molecule has 0 atom stereocenters. The molecule has 0 aliphatic rings. The van der Waals surface area contributed by atoms with Gasteiger partial charge in [0.05, 0.1) is 23.4 Å². The summed E-state index contributed by atoms with van der Waals surface area (Å²) in [5.41, 5.74) is 4.11. The molecule has 0 radical (unpaired) electrons. The van der Waals surface area contributed by atoms with Crippen molar-refractivity contribution in [3.05, 3.63) is 39.8 Å². The van der Waals surface area contributed by atoms with E-state index in [0.717, 1.165) is 16.1 Å². The van der Waals surface area contributed by atoms with Crippen LogP contribution in [0.5, 0.6) is 5.75 Å². The van der Waals surface area contributed by atoms with E-state index >= 15 is 0 Å². The van der Waals surface area contributed by atoms with Crippen LogP contribution in [0.25, 0.3) is 0 Å². The zero-order chi connectivity index (χ0) is 14.5. The Morgan fingerprint density at radius 1 is 1.45 bits per heavy atom. The minimum Gasteiger partial charge on any atom is -0.493 e. The van der Waals surface area contributed by atoms with Gasteiger partial charge in [-0.2, -0.15) is 5.48 Å². The number of hydrogen-bond donors (Lipinski definition) is 3. The van der Waals surface area contributed by atoms with E-state index in [1.54, 1.807) is 22.9 Å². The highest BCUT2D eigenvalue weighted by Gasteiger charge is 2.10. The number of carboxylic acids is 1. The van der Waals surface area contributed by atoms with Gasteiger partial charge in [0, 0.05) is 23.4 Å². The van der Waals surface area contributed by atoms with Crippen LogP contribution in [0, 0.1) is 6.92 Å². The van der Waals surface area contributed by atoms with Crippen molar-refractivity contribution in [2.45, 2.75) is 13.3 Å². The Labute approximate surface area is 119 Å². The first kappa shape index (κ1) is 14.4. The summed E-state index contributed by atoms with van der Waals surface area (Å²) in [5.74, 6) is -0.635. The lowest BCUT2D eigenvalue weighted by atomic mass is 10.2. The third-order valence-corrected chi connectivity index (χ3v) is 3.76. The van der Waals surface area contributed by atoms with Crippen LogP contribution >= 0.6 is 11.3 Å². The molecular weight excluding hydrogens is 280 g/mol. The second-order valence-electron chi connectivity index (χ2n) is 4.18. The Bertz CT molecular complexity index is 612. The number of thiazole rings is 1. The highest BCUT2D eigenvalue weighted by Crippen LogP contribution is 2.19. The number of aromatic carboxylic acids is 1. The van der Waals surface area contributed by atoms with Gasteiger partial charge in [-0.15, -0.1) is 11.3 Å². The lowest BCUT2D eigenvalue weighted by molar-refractivity contribution is -0.825. The first-order valence-corrected chi connectivity index (χ1v) is 6.85. The van der Waals surface area contributed by atoms with E-state index in [1.165, 1.54) is 12.1 Å². The molecule has 0 fully saturated rings. The third-order valence-electron chi connectivity index (χ3n) is 2.77. The molecule has 1 aromatic heterocycles. The van der Waals surface area contributed by atoms with Gasteiger partial charge in [0.2, 0.25) is 0 Å². The van der Waals surface area contributed by atoms with Crippen molar-refractivity contribution in [1.29, 1.82) is 0 Å². The van der Waals surface area contributed by atoms with Gasteiger partial charge in [-0.05, 0) is 13.0 Å². The summed E-state index contributed by atoms with van der Waals surface area (Å²) in [5, 5.41) is 18.0. The standard InChI is InChI=1S/C13H14N2O4S/c1-8-12(20-7-14-8)2-3-19-11-5-9(13(16)17)4-10(6-11)15-18/h4-7,15,18H,2-3H2,1H3,(H,16,17)/p+1. The summed E-state index contributed by atoms with van der Waals surface area (Å²) >= 11 is 1.57. The first-order valence-electron chi connectivity index (χ1n) is 5.97. The molecule has 2 rings (SSSR count). The van der Waals surface area contributed by atoms with Crippen molar-refractivity contribution >= 4 is 23.0 Å². The molecule has 0 unspecified atom stereocenters. The topological polar surface area (TPSA) is 96.3 Å². The number of carboxylic acid groups (broad SMARTS) is 1. The number of quaternary nitrogens is 1. The van der Waals surface area contributed by atoms with E-state index in [2.05, 4.69) is 4.98 Å². The van der Waals surface area contributed by atoms with Crippen molar-refractivity contribution in [2.24, 2.45) is 0 Å². The predicted octanol–water partition coefficient (Wildman–Crippen LogP) is 1.36. The van der Waals surface area contributed by atoms with Crippen molar-refractivity contribution in [3.63, 3.8) is 0 Å². The fraction of sp³-hybridized carbons (Fsp3) is 0.231. The SMILES string of the molecule is Cc1ncsc1CCOc1cc([NH2+]O)cc(C(=O)O)c1. The predicted molar refractivity (Wildman–Crippen MR) is 72.8 cm³/mol. The maximum Gasteiger partial charge on any atom is 0.336 e. The summed E-state index contributed by atoms with van der Waals surface area (Å²) in [6.07, 6.45) is 0.714. The number of carbonyl (C=O) groups is 1. The average Bonchev–Trinajstić information content (AvgIpc) is 2.84. The van der Waals surface area contributed by atoms with E-state index in [1.807, 2.05) is 6.92 Å². The molecule has 106 valence electrons. The maximum absolute atomic E-state index is 11.0. The molecule has 0 saturated carbocycles. The van der Waals surface area contributed by atoms with Crippen LogP contribution in [0.1, 0.15) is 20.9 Å². The van der Waals surface area contributed by atoms with E-state index in [9.17, 15) is 4.79 Å². The second-order valence-corrected chi connectivity index (χ2v) is 5.12. The van der Waals surface area contributed by atoms with E-state index < -0.39 is 5.97 Å². The zero-order valence-electron chi connectivity index (χ0n) is 10.9. The maximum atomic E-state index is 11.0. The summed E-state index contributed by atoms with van der Waals surface area (Å²) in [7, 11) is 0. The first-order chi connectivity index (χ1) is 9.60. The Kier molecular flexibility index (Phi) is 4.67. The quantitative estimate of drug-likeness (QED) is 0.552. The largest absolute Gasteiger partial charge is 0.493 e. The molecule has 0 spiro atoms. The molecule has 0 saturated heterocycles. The van der Waals surface area contributed by atoms with Gasteiger partial charge in [-0.3, -0.25) is 0 Å². The average molecular weight is 295 g/mol. The zero-order valence-corrected chi connectivity index (χ0v) is 11.7. The van der Waals surface area contributed by atoms with Crippen LogP contribution in [-0.4, -0.2) is 27.9 Å². The molecule has 1 heterocycles. The van der Waals surface area contributed by atoms with Crippen LogP contribution in [0.4, 0.5) is 5.69 Å². The fourth-order valence-corrected chi connectivity index (χ4v) is 2.49. The number of hydrogen-bond acceptors (Lipinski definition) is 5. The fourth-order valence-electron chi connectivity index (χ4n) is 1.73. The lowest BCUT2D eigenvalue weighted by Crippen LogP contribution is -2.73. The van der Waals surface area contributed by atoms with Gasteiger partial charge in [0.15, 0.2) is 5.69 Å². The monoisotopic (exact) mass is 295 g/mol. The van der Waals surface area contributed by atoms with Crippen molar-refractivity contribution < 1.29 is 25.3 Å². The Balaban J connectivity index is 2.03. The summed E-state index contributed by atoms with van der Waals surface area (Å²) in [4.78, 5) is 16.3. The number of nitrogens with zero attached hydrogens (tertiary/aromatic N) is 1. The molecule has 0 aliphatic heterocycles. The van der Waals surface area contributed by atoms with Crippen molar-refractivity contribution in [1.82, 2.24) is 4.98 Å². The van der Waals surface area contributed by atoms with Gasteiger partial charge >= 0.3 is 5.97 Å². The van der Waals surface area contributed by atoms with Crippen LogP contribution in [0.2, 0.25) is 0 Å². The van der Waals surface area contributed by atoms with Gasteiger partial charge in [-0.1, -0.05) is 0 Å². The van der Waals surface area contributed by atoms with Crippen LogP contribution < -0.4 is 10.2 Å². The van der Waals surface area contributed by atoms with Crippen LogP contribution in [-0.2, 0) is 6.42 Å². The van der Waals surface area contributed by atoms with Crippen LogP contribution in [0.15, 0.2) is 23.7 Å². The number of nitrogens with two attached hydrogens (primary N) is 1. The van der Waals surface area contributed by atoms with E-state index in [-0.39, 0.29) is 5.56 Å². The number of aryl methyl sites for hydroxylation is 1.